The Labute approximate surface area is 133 Å². The van der Waals surface area contributed by atoms with Gasteiger partial charge in [0.25, 0.3) is 5.91 Å². The molecule has 1 saturated carbocycles. The summed E-state index contributed by atoms with van der Waals surface area (Å²) in [5.74, 6) is 1.32. The number of carbonyl (C=O) groups is 1. The van der Waals surface area contributed by atoms with Crippen LogP contribution in [0.3, 0.4) is 0 Å². The van der Waals surface area contributed by atoms with Crippen LogP contribution in [-0.4, -0.2) is 25.2 Å². The first kappa shape index (κ1) is 16.8. The Balaban J connectivity index is 2.16. The van der Waals surface area contributed by atoms with E-state index in [0.717, 1.165) is 36.3 Å². The first-order valence-electron chi connectivity index (χ1n) is 8.11. The van der Waals surface area contributed by atoms with Crippen molar-refractivity contribution < 1.29 is 14.3 Å². The Morgan fingerprint density at radius 1 is 1.45 bits per heavy atom. The van der Waals surface area contributed by atoms with Gasteiger partial charge < -0.3 is 14.8 Å². The van der Waals surface area contributed by atoms with E-state index >= 15 is 0 Å². The third-order valence-corrected chi connectivity index (χ3v) is 4.44. The molecule has 4 heteroatoms. The van der Waals surface area contributed by atoms with Crippen molar-refractivity contribution >= 4 is 11.6 Å². The number of hydrogen-bond acceptors (Lipinski definition) is 3. The van der Waals surface area contributed by atoms with Gasteiger partial charge in [-0.2, -0.15) is 0 Å². The summed E-state index contributed by atoms with van der Waals surface area (Å²) in [5.41, 5.74) is 1.11. The van der Waals surface area contributed by atoms with Crippen LogP contribution < -0.4 is 10.1 Å². The van der Waals surface area contributed by atoms with Crippen LogP contribution in [0, 0.1) is 12.8 Å². The van der Waals surface area contributed by atoms with E-state index in [4.69, 9.17) is 9.47 Å². The number of hydrogen-bond donors (Lipinski definition) is 1. The van der Waals surface area contributed by atoms with Gasteiger partial charge in [0, 0.05) is 12.3 Å². The zero-order valence-electron chi connectivity index (χ0n) is 14.1. The minimum Gasteiger partial charge on any atom is -0.496 e. The lowest BCUT2D eigenvalue weighted by Crippen LogP contribution is -2.48. The van der Waals surface area contributed by atoms with Crippen LogP contribution in [0.2, 0.25) is 0 Å². The van der Waals surface area contributed by atoms with E-state index in [1.807, 2.05) is 32.0 Å². The summed E-state index contributed by atoms with van der Waals surface area (Å²) in [4.78, 5) is 12.8. The maximum Gasteiger partial charge on any atom is 0.256 e. The number of benzene rings is 1. The SMILES string of the molecule is CCO[C@]1(C(=O)Nc2ccc(OC)c(C)c2)CCC[C@@H](C)C1. The fourth-order valence-electron chi connectivity index (χ4n) is 3.38. The van der Waals surface area contributed by atoms with E-state index in [1.165, 1.54) is 6.42 Å². The number of amides is 1. The fraction of sp³-hybridized carbons (Fsp3) is 0.611. The zero-order valence-corrected chi connectivity index (χ0v) is 14.1. The number of methoxy groups -OCH3 is 1. The number of ether oxygens (including phenoxy) is 2. The van der Waals surface area contributed by atoms with E-state index in [1.54, 1.807) is 7.11 Å². The van der Waals surface area contributed by atoms with Crippen LogP contribution in [0.5, 0.6) is 5.75 Å². The van der Waals surface area contributed by atoms with Crippen LogP contribution in [0.25, 0.3) is 0 Å². The maximum atomic E-state index is 12.8. The van der Waals surface area contributed by atoms with Gasteiger partial charge >= 0.3 is 0 Å². The molecule has 0 saturated heterocycles. The molecular formula is C18H27NO3. The Morgan fingerprint density at radius 3 is 2.82 bits per heavy atom. The molecule has 1 amide bonds. The molecule has 0 unspecified atom stereocenters. The average molecular weight is 305 g/mol. The zero-order chi connectivity index (χ0) is 16.2. The normalized spacial score (nSPS) is 24.8. The minimum absolute atomic E-state index is 0.0227. The second-order valence-electron chi connectivity index (χ2n) is 6.27. The van der Waals surface area contributed by atoms with Crippen molar-refractivity contribution in [2.45, 2.75) is 52.1 Å². The molecule has 1 aliphatic carbocycles. The molecule has 1 aromatic rings. The number of anilines is 1. The Morgan fingerprint density at radius 2 is 2.23 bits per heavy atom. The molecule has 4 nitrogen and oxygen atoms in total. The van der Waals surface area contributed by atoms with E-state index < -0.39 is 5.60 Å². The van der Waals surface area contributed by atoms with Gasteiger partial charge in [0.15, 0.2) is 0 Å². The van der Waals surface area contributed by atoms with Gasteiger partial charge in [0.05, 0.1) is 7.11 Å². The molecule has 1 aliphatic rings. The molecule has 0 aliphatic heterocycles. The average Bonchev–Trinajstić information content (AvgIpc) is 2.47. The maximum absolute atomic E-state index is 12.8. The lowest BCUT2D eigenvalue weighted by atomic mass is 9.78. The smallest absolute Gasteiger partial charge is 0.256 e. The van der Waals surface area contributed by atoms with Gasteiger partial charge in [-0.05, 0) is 62.8 Å². The first-order chi connectivity index (χ1) is 10.5. The summed E-state index contributed by atoms with van der Waals surface area (Å²) < 4.78 is 11.2. The van der Waals surface area contributed by atoms with Gasteiger partial charge in [-0.3, -0.25) is 4.79 Å². The van der Waals surface area contributed by atoms with Gasteiger partial charge in [-0.1, -0.05) is 13.3 Å². The predicted octanol–water partition coefficient (Wildman–Crippen LogP) is 3.93. The molecule has 22 heavy (non-hydrogen) atoms. The van der Waals surface area contributed by atoms with Gasteiger partial charge in [-0.15, -0.1) is 0 Å². The number of carbonyl (C=O) groups excluding carboxylic acids is 1. The molecule has 1 aromatic carbocycles. The molecule has 2 rings (SSSR count). The van der Waals surface area contributed by atoms with E-state index in [9.17, 15) is 4.79 Å². The highest BCUT2D eigenvalue weighted by atomic mass is 16.5. The monoisotopic (exact) mass is 305 g/mol. The van der Waals surface area contributed by atoms with Crippen molar-refractivity contribution in [3.05, 3.63) is 23.8 Å². The number of nitrogens with one attached hydrogen (secondary N) is 1. The molecule has 2 atom stereocenters. The summed E-state index contributed by atoms with van der Waals surface area (Å²) in [6, 6.07) is 5.68. The molecule has 122 valence electrons. The fourth-order valence-corrected chi connectivity index (χ4v) is 3.38. The van der Waals surface area contributed by atoms with Crippen LogP contribution >= 0.6 is 0 Å². The van der Waals surface area contributed by atoms with Crippen molar-refractivity contribution in [2.24, 2.45) is 5.92 Å². The number of rotatable bonds is 5. The Kier molecular flexibility index (Phi) is 5.46. The molecule has 0 radical (unpaired) electrons. The molecule has 1 N–H and O–H groups in total. The summed E-state index contributed by atoms with van der Waals surface area (Å²) in [7, 11) is 1.65. The molecule has 0 bridgehead atoms. The standard InChI is InChI=1S/C18H27NO3/c1-5-22-18(10-6-7-13(2)12-18)17(20)19-15-8-9-16(21-4)14(3)11-15/h8-9,11,13H,5-7,10,12H2,1-4H3,(H,19,20)/t13-,18-/m1/s1. The Hall–Kier alpha value is -1.55. The van der Waals surface area contributed by atoms with Crippen LogP contribution in [0.1, 0.15) is 45.1 Å². The lowest BCUT2D eigenvalue weighted by molar-refractivity contribution is -0.147. The highest BCUT2D eigenvalue weighted by Crippen LogP contribution is 2.36. The predicted molar refractivity (Wildman–Crippen MR) is 88.3 cm³/mol. The Bertz CT molecular complexity index is 525. The van der Waals surface area contributed by atoms with E-state index in [0.29, 0.717) is 12.5 Å². The quantitative estimate of drug-likeness (QED) is 0.896. The first-order valence-corrected chi connectivity index (χ1v) is 8.11. The third-order valence-electron chi connectivity index (χ3n) is 4.44. The largest absolute Gasteiger partial charge is 0.496 e. The van der Waals surface area contributed by atoms with Gasteiger partial charge in [0.1, 0.15) is 11.4 Å². The molecule has 0 aromatic heterocycles. The minimum atomic E-state index is -0.680. The van der Waals surface area contributed by atoms with Crippen molar-refractivity contribution in [1.82, 2.24) is 0 Å². The highest BCUT2D eigenvalue weighted by Gasteiger charge is 2.42. The molecule has 0 heterocycles. The summed E-state index contributed by atoms with van der Waals surface area (Å²) in [6.45, 7) is 6.67. The highest BCUT2D eigenvalue weighted by molar-refractivity contribution is 5.97. The van der Waals surface area contributed by atoms with Gasteiger partial charge in [0.2, 0.25) is 0 Å². The number of aryl methyl sites for hydroxylation is 1. The van der Waals surface area contributed by atoms with Crippen molar-refractivity contribution in [1.29, 1.82) is 0 Å². The summed E-state index contributed by atoms with van der Waals surface area (Å²) in [5, 5.41) is 3.03. The van der Waals surface area contributed by atoms with E-state index in [-0.39, 0.29) is 5.91 Å². The van der Waals surface area contributed by atoms with Gasteiger partial charge in [-0.25, -0.2) is 0 Å². The molecule has 0 spiro atoms. The van der Waals surface area contributed by atoms with Crippen LogP contribution in [0.4, 0.5) is 5.69 Å². The molecular weight excluding hydrogens is 278 g/mol. The van der Waals surface area contributed by atoms with Crippen molar-refractivity contribution in [3.63, 3.8) is 0 Å². The molecule has 1 fully saturated rings. The van der Waals surface area contributed by atoms with E-state index in [2.05, 4.69) is 12.2 Å². The second-order valence-corrected chi connectivity index (χ2v) is 6.27. The second kappa shape index (κ2) is 7.14. The topological polar surface area (TPSA) is 47.6 Å². The van der Waals surface area contributed by atoms with Crippen molar-refractivity contribution in [3.8, 4) is 5.75 Å². The summed E-state index contributed by atoms with van der Waals surface area (Å²) in [6.07, 6.45) is 3.80. The van der Waals surface area contributed by atoms with Crippen molar-refractivity contribution in [2.75, 3.05) is 19.0 Å². The summed E-state index contributed by atoms with van der Waals surface area (Å²) >= 11 is 0. The third kappa shape index (κ3) is 3.61. The lowest BCUT2D eigenvalue weighted by Gasteiger charge is -2.38. The van der Waals surface area contributed by atoms with Crippen LogP contribution in [-0.2, 0) is 9.53 Å². The van der Waals surface area contributed by atoms with Crippen LogP contribution in [0.15, 0.2) is 18.2 Å².